The minimum atomic E-state index is -0.635. The van der Waals surface area contributed by atoms with Gasteiger partial charge in [-0.25, -0.2) is 0 Å². The number of benzene rings is 1. The van der Waals surface area contributed by atoms with E-state index in [4.69, 9.17) is 5.73 Å². The number of carbonyl (C=O) groups is 3. The number of rotatable bonds is 8. The Labute approximate surface area is 190 Å². The van der Waals surface area contributed by atoms with Crippen molar-refractivity contribution in [2.24, 2.45) is 11.7 Å². The predicted octanol–water partition coefficient (Wildman–Crippen LogP) is 0.785. The lowest BCUT2D eigenvalue weighted by atomic mass is 10.1. The van der Waals surface area contributed by atoms with E-state index in [1.54, 1.807) is 0 Å². The topological polar surface area (TPSA) is 108 Å². The molecule has 0 unspecified atom stereocenters. The number of halogens is 2. The molecule has 8 nitrogen and oxygen atoms in total. The third-order valence-electron chi connectivity index (χ3n) is 4.86. The fourth-order valence-corrected chi connectivity index (χ4v) is 2.97. The van der Waals surface area contributed by atoms with Crippen molar-refractivity contribution in [3.05, 3.63) is 30.3 Å². The van der Waals surface area contributed by atoms with Gasteiger partial charge in [0.05, 0.1) is 12.6 Å². The molecule has 1 aromatic carbocycles. The maximum Gasteiger partial charge on any atom is 0.239 e. The summed E-state index contributed by atoms with van der Waals surface area (Å²) in [6, 6.07) is 9.51. The Balaban J connectivity index is 0.00000420. The summed E-state index contributed by atoms with van der Waals surface area (Å²) < 4.78 is 0. The number of anilines is 1. The minimum Gasteiger partial charge on any atom is -0.368 e. The Morgan fingerprint density at radius 1 is 1.00 bits per heavy atom. The molecule has 0 bridgehead atoms. The van der Waals surface area contributed by atoms with Gasteiger partial charge in [0.25, 0.3) is 0 Å². The average Bonchev–Trinajstić information content (AvgIpc) is 2.72. The van der Waals surface area contributed by atoms with Crippen LogP contribution in [0.3, 0.4) is 0 Å². The van der Waals surface area contributed by atoms with Crippen molar-refractivity contribution < 1.29 is 14.4 Å². The molecular formula is C20H33Cl2N5O3. The third-order valence-corrected chi connectivity index (χ3v) is 4.86. The van der Waals surface area contributed by atoms with Gasteiger partial charge in [-0.2, -0.15) is 0 Å². The number of amides is 3. The van der Waals surface area contributed by atoms with Crippen LogP contribution in [0, 0.1) is 5.92 Å². The quantitative estimate of drug-likeness (QED) is 0.530. The smallest absolute Gasteiger partial charge is 0.239 e. The predicted molar refractivity (Wildman–Crippen MR) is 123 cm³/mol. The van der Waals surface area contributed by atoms with Crippen LogP contribution in [0.15, 0.2) is 30.3 Å². The maximum atomic E-state index is 12.3. The lowest BCUT2D eigenvalue weighted by Crippen LogP contribution is -2.49. The number of carbonyl (C=O) groups excluding carboxylic acids is 3. The van der Waals surface area contributed by atoms with E-state index in [1.165, 1.54) is 5.69 Å². The Kier molecular flexibility index (Phi) is 13.1. The van der Waals surface area contributed by atoms with Gasteiger partial charge in [-0.15, -0.1) is 24.8 Å². The molecule has 2 rings (SSSR count). The molecule has 1 aliphatic heterocycles. The summed E-state index contributed by atoms with van der Waals surface area (Å²) in [5.41, 5.74) is 6.89. The molecule has 1 aromatic rings. The number of piperazine rings is 1. The summed E-state index contributed by atoms with van der Waals surface area (Å²) in [5.74, 6) is -0.648. The standard InChI is InChI=1S/C20H31N5O3.2ClH/c1-15(2)19(21)20(28)23-14-17(26)22-9-8-18(27)25-12-10-24(11-13-25)16-6-4-3-5-7-16;;/h3-7,15,19H,8-14,21H2,1-2H3,(H,22,26)(H,23,28);2*1H/t19-;;/m0../s1. The molecule has 0 spiro atoms. The zero-order valence-electron chi connectivity index (χ0n) is 17.5. The highest BCUT2D eigenvalue weighted by Crippen LogP contribution is 2.15. The molecule has 1 saturated heterocycles. The van der Waals surface area contributed by atoms with Crippen LogP contribution in [0.4, 0.5) is 5.69 Å². The molecule has 170 valence electrons. The number of para-hydroxylation sites is 1. The molecule has 0 radical (unpaired) electrons. The summed E-state index contributed by atoms with van der Waals surface area (Å²) in [6.45, 7) is 6.74. The monoisotopic (exact) mass is 461 g/mol. The summed E-state index contributed by atoms with van der Waals surface area (Å²) in [4.78, 5) is 39.9. The van der Waals surface area contributed by atoms with Crippen molar-refractivity contribution in [1.29, 1.82) is 0 Å². The largest absolute Gasteiger partial charge is 0.368 e. The SMILES string of the molecule is CC(C)[C@H](N)C(=O)NCC(=O)NCCC(=O)N1CCN(c2ccccc2)CC1.Cl.Cl. The summed E-state index contributed by atoms with van der Waals surface area (Å²) in [6.07, 6.45) is 0.247. The van der Waals surface area contributed by atoms with Gasteiger partial charge in [0.15, 0.2) is 0 Å². The molecule has 30 heavy (non-hydrogen) atoms. The van der Waals surface area contributed by atoms with E-state index in [2.05, 4.69) is 27.7 Å². The lowest BCUT2D eigenvalue weighted by Gasteiger charge is -2.36. The molecule has 1 heterocycles. The van der Waals surface area contributed by atoms with Gasteiger partial charge in [-0.05, 0) is 18.1 Å². The highest BCUT2D eigenvalue weighted by Gasteiger charge is 2.21. The first-order chi connectivity index (χ1) is 13.4. The van der Waals surface area contributed by atoms with Crippen LogP contribution in [0.25, 0.3) is 0 Å². The van der Waals surface area contributed by atoms with Crippen LogP contribution in [0.1, 0.15) is 20.3 Å². The molecule has 1 aliphatic rings. The first-order valence-corrected chi connectivity index (χ1v) is 9.76. The Bertz CT molecular complexity index is 668. The number of nitrogens with two attached hydrogens (primary N) is 1. The highest BCUT2D eigenvalue weighted by atomic mass is 35.5. The van der Waals surface area contributed by atoms with E-state index in [9.17, 15) is 14.4 Å². The number of hydrogen-bond donors (Lipinski definition) is 3. The van der Waals surface area contributed by atoms with Gasteiger partial charge >= 0.3 is 0 Å². The van der Waals surface area contributed by atoms with Crippen molar-refractivity contribution in [3.63, 3.8) is 0 Å². The lowest BCUT2D eigenvalue weighted by molar-refractivity contribution is -0.131. The Hall–Kier alpha value is -2.03. The number of nitrogens with zero attached hydrogens (tertiary/aromatic N) is 2. The minimum absolute atomic E-state index is 0. The molecule has 10 heteroatoms. The zero-order valence-corrected chi connectivity index (χ0v) is 19.1. The van der Waals surface area contributed by atoms with Crippen LogP contribution in [-0.4, -0.2) is 67.9 Å². The molecule has 3 amide bonds. The summed E-state index contributed by atoms with van der Waals surface area (Å²) in [5, 5.41) is 5.17. The van der Waals surface area contributed by atoms with Gasteiger partial charge in [0.1, 0.15) is 0 Å². The van der Waals surface area contributed by atoms with Crippen molar-refractivity contribution in [3.8, 4) is 0 Å². The third kappa shape index (κ3) is 8.77. The number of nitrogens with one attached hydrogen (secondary N) is 2. The summed E-state index contributed by atoms with van der Waals surface area (Å²) >= 11 is 0. The molecule has 0 aromatic heterocycles. The van der Waals surface area contributed by atoms with Crippen LogP contribution in [-0.2, 0) is 14.4 Å². The number of hydrogen-bond acceptors (Lipinski definition) is 5. The van der Waals surface area contributed by atoms with Gasteiger partial charge in [0, 0.05) is 44.8 Å². The fourth-order valence-electron chi connectivity index (χ4n) is 2.97. The van der Waals surface area contributed by atoms with Gasteiger partial charge in [0.2, 0.25) is 17.7 Å². The van der Waals surface area contributed by atoms with Gasteiger partial charge in [-0.3, -0.25) is 14.4 Å². The van der Waals surface area contributed by atoms with Crippen molar-refractivity contribution in [2.45, 2.75) is 26.3 Å². The van der Waals surface area contributed by atoms with E-state index in [0.29, 0.717) is 13.1 Å². The molecule has 0 saturated carbocycles. The summed E-state index contributed by atoms with van der Waals surface area (Å²) in [7, 11) is 0. The average molecular weight is 462 g/mol. The van der Waals surface area contributed by atoms with E-state index < -0.39 is 6.04 Å². The van der Waals surface area contributed by atoms with E-state index >= 15 is 0 Å². The van der Waals surface area contributed by atoms with E-state index in [1.807, 2.05) is 36.9 Å². The van der Waals surface area contributed by atoms with Crippen molar-refractivity contribution in [2.75, 3.05) is 44.2 Å². The second-order valence-corrected chi connectivity index (χ2v) is 7.29. The first kappa shape index (κ1) is 28.0. The molecule has 4 N–H and O–H groups in total. The molecule has 1 atom stereocenters. The second-order valence-electron chi connectivity index (χ2n) is 7.29. The van der Waals surface area contributed by atoms with Crippen molar-refractivity contribution in [1.82, 2.24) is 15.5 Å². The normalized spacial score (nSPS) is 14.3. The van der Waals surface area contributed by atoms with Crippen molar-refractivity contribution >= 4 is 48.2 Å². The zero-order chi connectivity index (χ0) is 20.5. The molecular weight excluding hydrogens is 429 g/mol. The molecule has 0 aliphatic carbocycles. The second kappa shape index (κ2) is 14.1. The highest BCUT2D eigenvalue weighted by molar-refractivity contribution is 5.87. The maximum absolute atomic E-state index is 12.3. The Morgan fingerprint density at radius 2 is 1.60 bits per heavy atom. The van der Waals surface area contributed by atoms with Crippen LogP contribution in [0.5, 0.6) is 0 Å². The van der Waals surface area contributed by atoms with E-state index in [0.717, 1.165) is 13.1 Å². The van der Waals surface area contributed by atoms with Crippen LogP contribution in [0.2, 0.25) is 0 Å². The molecule has 1 fully saturated rings. The Morgan fingerprint density at radius 3 is 2.17 bits per heavy atom. The van der Waals surface area contributed by atoms with Crippen LogP contribution < -0.4 is 21.3 Å². The first-order valence-electron chi connectivity index (χ1n) is 9.76. The van der Waals surface area contributed by atoms with E-state index in [-0.39, 0.29) is 68.0 Å². The van der Waals surface area contributed by atoms with Gasteiger partial charge in [-0.1, -0.05) is 32.0 Å². The van der Waals surface area contributed by atoms with Gasteiger partial charge < -0.3 is 26.2 Å². The van der Waals surface area contributed by atoms with Crippen LogP contribution >= 0.6 is 24.8 Å². The fraction of sp³-hybridized carbons (Fsp3) is 0.550.